The Hall–Kier alpha value is -2.49. The zero-order valence-corrected chi connectivity index (χ0v) is 9.75. The van der Waals surface area contributed by atoms with Gasteiger partial charge in [-0.15, -0.1) is 0 Å². The normalized spacial score (nSPS) is 10.1. The molecule has 0 heterocycles. The van der Waals surface area contributed by atoms with Crippen LogP contribution < -0.4 is 4.74 Å². The SMILES string of the molecule is COc1ccc(C(=O)c2cccc(O)c2)c(O)c1. The van der Waals surface area contributed by atoms with Crippen molar-refractivity contribution in [1.82, 2.24) is 0 Å². The van der Waals surface area contributed by atoms with Gasteiger partial charge in [0.25, 0.3) is 0 Å². The zero-order valence-electron chi connectivity index (χ0n) is 9.75. The Morgan fingerprint density at radius 1 is 1.11 bits per heavy atom. The first-order valence-corrected chi connectivity index (χ1v) is 5.32. The number of phenols is 2. The minimum Gasteiger partial charge on any atom is -0.508 e. The van der Waals surface area contributed by atoms with Crippen molar-refractivity contribution in [2.24, 2.45) is 0 Å². The third kappa shape index (κ3) is 2.27. The highest BCUT2D eigenvalue weighted by atomic mass is 16.5. The lowest BCUT2D eigenvalue weighted by atomic mass is 10.0. The van der Waals surface area contributed by atoms with Crippen LogP contribution >= 0.6 is 0 Å². The molecule has 2 N–H and O–H groups in total. The van der Waals surface area contributed by atoms with Gasteiger partial charge >= 0.3 is 0 Å². The molecule has 0 amide bonds. The van der Waals surface area contributed by atoms with E-state index in [0.717, 1.165) is 0 Å². The molecule has 0 aliphatic carbocycles. The van der Waals surface area contributed by atoms with E-state index in [1.165, 1.54) is 31.4 Å². The van der Waals surface area contributed by atoms with Gasteiger partial charge in [-0.1, -0.05) is 12.1 Å². The molecule has 0 spiro atoms. The van der Waals surface area contributed by atoms with Crippen LogP contribution in [0.5, 0.6) is 17.2 Å². The van der Waals surface area contributed by atoms with Gasteiger partial charge in [0, 0.05) is 11.6 Å². The molecule has 0 radical (unpaired) electrons. The summed E-state index contributed by atoms with van der Waals surface area (Å²) in [6.45, 7) is 0. The summed E-state index contributed by atoms with van der Waals surface area (Å²) < 4.78 is 4.94. The van der Waals surface area contributed by atoms with Crippen LogP contribution in [0, 0.1) is 0 Å². The van der Waals surface area contributed by atoms with Crippen LogP contribution in [0.3, 0.4) is 0 Å². The number of ketones is 1. The quantitative estimate of drug-likeness (QED) is 0.813. The molecular weight excluding hydrogens is 232 g/mol. The lowest BCUT2D eigenvalue weighted by Crippen LogP contribution is -2.01. The van der Waals surface area contributed by atoms with Crippen LogP contribution in [0.25, 0.3) is 0 Å². The standard InChI is InChI=1S/C14H12O4/c1-18-11-5-6-12(13(16)8-11)14(17)9-3-2-4-10(15)7-9/h2-8,15-16H,1H3. The lowest BCUT2D eigenvalue weighted by molar-refractivity contribution is 0.103. The maximum absolute atomic E-state index is 12.1. The van der Waals surface area contributed by atoms with E-state index in [4.69, 9.17) is 4.74 Å². The largest absolute Gasteiger partial charge is 0.508 e. The molecule has 18 heavy (non-hydrogen) atoms. The van der Waals surface area contributed by atoms with Gasteiger partial charge in [-0.25, -0.2) is 0 Å². The first-order chi connectivity index (χ1) is 8.61. The minimum absolute atomic E-state index is 0.00820. The van der Waals surface area contributed by atoms with Gasteiger partial charge in [0.15, 0.2) is 5.78 Å². The van der Waals surface area contributed by atoms with Gasteiger partial charge in [-0.3, -0.25) is 4.79 Å². The van der Waals surface area contributed by atoms with Crippen LogP contribution in [0.2, 0.25) is 0 Å². The summed E-state index contributed by atoms with van der Waals surface area (Å²) in [5.41, 5.74) is 0.483. The Kier molecular flexibility index (Phi) is 3.19. The molecular formula is C14H12O4. The first-order valence-electron chi connectivity index (χ1n) is 5.32. The molecule has 0 saturated heterocycles. The van der Waals surface area contributed by atoms with Crippen molar-refractivity contribution >= 4 is 5.78 Å². The highest BCUT2D eigenvalue weighted by molar-refractivity contribution is 6.10. The van der Waals surface area contributed by atoms with Crippen LogP contribution in [-0.4, -0.2) is 23.1 Å². The second-order valence-corrected chi connectivity index (χ2v) is 3.76. The number of rotatable bonds is 3. The van der Waals surface area contributed by atoms with E-state index >= 15 is 0 Å². The average molecular weight is 244 g/mol. The van der Waals surface area contributed by atoms with Gasteiger partial charge in [0.05, 0.1) is 12.7 Å². The number of carbonyl (C=O) groups is 1. The first kappa shape index (κ1) is 12.0. The Bertz CT molecular complexity index is 590. The molecule has 0 fully saturated rings. The predicted octanol–water partition coefficient (Wildman–Crippen LogP) is 2.34. The number of ether oxygens (including phenoxy) is 1. The maximum Gasteiger partial charge on any atom is 0.196 e. The molecule has 0 aromatic heterocycles. The number of benzene rings is 2. The number of methoxy groups -OCH3 is 1. The fourth-order valence-electron chi connectivity index (χ4n) is 1.63. The van der Waals surface area contributed by atoms with E-state index in [1.54, 1.807) is 18.2 Å². The van der Waals surface area contributed by atoms with E-state index in [-0.39, 0.29) is 22.8 Å². The number of carbonyl (C=O) groups excluding carboxylic acids is 1. The smallest absolute Gasteiger partial charge is 0.196 e. The van der Waals surface area contributed by atoms with E-state index < -0.39 is 0 Å². The molecule has 92 valence electrons. The van der Waals surface area contributed by atoms with Crippen molar-refractivity contribution in [3.05, 3.63) is 53.6 Å². The average Bonchev–Trinajstić information content (AvgIpc) is 2.37. The highest BCUT2D eigenvalue weighted by Crippen LogP contribution is 2.26. The van der Waals surface area contributed by atoms with Crippen molar-refractivity contribution in [1.29, 1.82) is 0 Å². The number of phenolic OH excluding ortho intramolecular Hbond substituents is 2. The van der Waals surface area contributed by atoms with Gasteiger partial charge in [0.1, 0.15) is 17.2 Å². The zero-order chi connectivity index (χ0) is 13.1. The van der Waals surface area contributed by atoms with Crippen molar-refractivity contribution in [2.45, 2.75) is 0 Å². The summed E-state index contributed by atoms with van der Waals surface area (Å²) in [4.78, 5) is 12.1. The third-order valence-corrected chi connectivity index (χ3v) is 2.56. The van der Waals surface area contributed by atoms with Crippen LogP contribution in [0.4, 0.5) is 0 Å². The summed E-state index contributed by atoms with van der Waals surface area (Å²) in [5.74, 6) is -0.0254. The maximum atomic E-state index is 12.1. The van der Waals surface area contributed by atoms with E-state index in [9.17, 15) is 15.0 Å². The molecule has 2 aromatic rings. The second-order valence-electron chi connectivity index (χ2n) is 3.76. The fourth-order valence-corrected chi connectivity index (χ4v) is 1.63. The molecule has 4 nitrogen and oxygen atoms in total. The predicted molar refractivity (Wildman–Crippen MR) is 66.2 cm³/mol. The lowest BCUT2D eigenvalue weighted by Gasteiger charge is -2.06. The van der Waals surface area contributed by atoms with Crippen molar-refractivity contribution in [3.63, 3.8) is 0 Å². The number of hydrogen-bond donors (Lipinski definition) is 2. The summed E-state index contributed by atoms with van der Waals surface area (Å²) in [6.07, 6.45) is 0. The van der Waals surface area contributed by atoms with Crippen molar-refractivity contribution < 1.29 is 19.7 Å². The minimum atomic E-state index is -0.356. The summed E-state index contributed by atoms with van der Waals surface area (Å²) in [6, 6.07) is 10.4. The Labute approximate surface area is 104 Å². The summed E-state index contributed by atoms with van der Waals surface area (Å²) in [7, 11) is 1.48. The van der Waals surface area contributed by atoms with Crippen LogP contribution in [0.1, 0.15) is 15.9 Å². The van der Waals surface area contributed by atoms with Gasteiger partial charge in [0.2, 0.25) is 0 Å². The highest BCUT2D eigenvalue weighted by Gasteiger charge is 2.14. The Morgan fingerprint density at radius 2 is 1.89 bits per heavy atom. The molecule has 2 aromatic carbocycles. The van der Waals surface area contributed by atoms with Crippen LogP contribution in [-0.2, 0) is 0 Å². The van der Waals surface area contributed by atoms with Crippen LogP contribution in [0.15, 0.2) is 42.5 Å². The van der Waals surface area contributed by atoms with E-state index in [1.807, 2.05) is 0 Å². The summed E-state index contributed by atoms with van der Waals surface area (Å²) >= 11 is 0. The molecule has 4 heteroatoms. The van der Waals surface area contributed by atoms with Gasteiger partial charge in [-0.2, -0.15) is 0 Å². The molecule has 0 atom stereocenters. The Morgan fingerprint density at radius 3 is 2.50 bits per heavy atom. The van der Waals surface area contributed by atoms with Gasteiger partial charge < -0.3 is 14.9 Å². The van der Waals surface area contributed by atoms with Crippen molar-refractivity contribution in [3.8, 4) is 17.2 Å². The Balaban J connectivity index is 2.40. The molecule has 0 bridgehead atoms. The second kappa shape index (κ2) is 4.79. The topological polar surface area (TPSA) is 66.8 Å². The van der Waals surface area contributed by atoms with E-state index in [2.05, 4.69) is 0 Å². The number of aromatic hydroxyl groups is 2. The van der Waals surface area contributed by atoms with Gasteiger partial charge in [-0.05, 0) is 24.3 Å². The fraction of sp³-hybridized carbons (Fsp3) is 0.0714. The number of hydrogen-bond acceptors (Lipinski definition) is 4. The molecule has 0 aliphatic heterocycles. The molecule has 2 rings (SSSR count). The molecule has 0 saturated carbocycles. The summed E-state index contributed by atoms with van der Waals surface area (Å²) in [5, 5.41) is 19.1. The monoisotopic (exact) mass is 244 g/mol. The van der Waals surface area contributed by atoms with E-state index in [0.29, 0.717) is 11.3 Å². The third-order valence-electron chi connectivity index (χ3n) is 2.56. The molecule has 0 aliphatic rings. The van der Waals surface area contributed by atoms with Crippen molar-refractivity contribution in [2.75, 3.05) is 7.11 Å². The molecule has 0 unspecified atom stereocenters.